The number of aromatic nitrogens is 6. The number of aromatic amines is 1. The largest absolute Gasteiger partial charge is 0.324 e. The molecule has 17 heavy (non-hydrogen) atoms. The van der Waals surface area contributed by atoms with Crippen molar-refractivity contribution in [2.45, 2.75) is 6.92 Å². The van der Waals surface area contributed by atoms with E-state index in [1.165, 1.54) is 6.33 Å². The molecule has 3 heterocycles. The number of anilines is 2. The SMILES string of the molecule is Cc1cc(Nc2ncnc3[nH]ncc23)n(C)n1. The van der Waals surface area contributed by atoms with Crippen LogP contribution in [0.4, 0.5) is 11.6 Å². The molecule has 2 N–H and O–H groups in total. The van der Waals surface area contributed by atoms with E-state index >= 15 is 0 Å². The van der Waals surface area contributed by atoms with Gasteiger partial charge in [0.05, 0.1) is 17.3 Å². The van der Waals surface area contributed by atoms with Crippen LogP contribution >= 0.6 is 0 Å². The number of nitrogens with zero attached hydrogens (tertiary/aromatic N) is 5. The first-order chi connectivity index (χ1) is 8.24. The molecule has 0 spiro atoms. The van der Waals surface area contributed by atoms with Gasteiger partial charge in [-0.3, -0.25) is 9.78 Å². The standard InChI is InChI=1S/C10H11N7/c1-6-3-8(17(2)16-6)14-9-7-4-13-15-10(7)12-5-11-9/h3-5H,1-2H3,(H2,11,12,13,14,15). The van der Waals surface area contributed by atoms with Gasteiger partial charge in [0.15, 0.2) is 5.65 Å². The minimum atomic E-state index is 0.710. The molecule has 7 nitrogen and oxygen atoms in total. The highest BCUT2D eigenvalue weighted by molar-refractivity contribution is 5.87. The van der Waals surface area contributed by atoms with Crippen molar-refractivity contribution in [1.82, 2.24) is 29.9 Å². The average Bonchev–Trinajstić information content (AvgIpc) is 2.87. The Hall–Kier alpha value is -2.44. The van der Waals surface area contributed by atoms with Gasteiger partial charge in [-0.2, -0.15) is 10.2 Å². The van der Waals surface area contributed by atoms with E-state index in [4.69, 9.17) is 0 Å². The number of rotatable bonds is 2. The first-order valence-electron chi connectivity index (χ1n) is 5.16. The molecule has 0 amide bonds. The van der Waals surface area contributed by atoms with Crippen molar-refractivity contribution in [2.75, 3.05) is 5.32 Å². The van der Waals surface area contributed by atoms with Crippen LogP contribution in [-0.2, 0) is 7.05 Å². The summed E-state index contributed by atoms with van der Waals surface area (Å²) in [6, 6.07) is 1.95. The van der Waals surface area contributed by atoms with E-state index < -0.39 is 0 Å². The predicted octanol–water partition coefficient (Wildman–Crippen LogP) is 1.14. The molecule has 3 rings (SSSR count). The van der Waals surface area contributed by atoms with Crippen LogP contribution < -0.4 is 5.32 Å². The van der Waals surface area contributed by atoms with Gasteiger partial charge in [-0.05, 0) is 6.92 Å². The number of fused-ring (bicyclic) bond motifs is 1. The van der Waals surface area contributed by atoms with Crippen molar-refractivity contribution >= 4 is 22.7 Å². The lowest BCUT2D eigenvalue weighted by Crippen LogP contribution is -2.01. The van der Waals surface area contributed by atoms with Crippen molar-refractivity contribution in [2.24, 2.45) is 7.05 Å². The summed E-state index contributed by atoms with van der Waals surface area (Å²) in [7, 11) is 1.88. The van der Waals surface area contributed by atoms with Gasteiger partial charge in [0.2, 0.25) is 0 Å². The maximum Gasteiger partial charge on any atom is 0.160 e. The molecule has 0 unspecified atom stereocenters. The zero-order chi connectivity index (χ0) is 11.8. The molecule has 3 aromatic rings. The summed E-state index contributed by atoms with van der Waals surface area (Å²) in [6.45, 7) is 1.94. The number of hydrogen-bond acceptors (Lipinski definition) is 5. The molecule has 0 aliphatic rings. The number of nitrogens with one attached hydrogen (secondary N) is 2. The Morgan fingerprint density at radius 2 is 2.24 bits per heavy atom. The zero-order valence-corrected chi connectivity index (χ0v) is 9.47. The Balaban J connectivity index is 2.05. The molecule has 0 bridgehead atoms. The van der Waals surface area contributed by atoms with Crippen LogP contribution in [0.3, 0.4) is 0 Å². The van der Waals surface area contributed by atoms with Crippen molar-refractivity contribution < 1.29 is 0 Å². The Morgan fingerprint density at radius 1 is 1.35 bits per heavy atom. The van der Waals surface area contributed by atoms with Gasteiger partial charge in [0.25, 0.3) is 0 Å². The highest BCUT2D eigenvalue weighted by atomic mass is 15.3. The minimum Gasteiger partial charge on any atom is -0.324 e. The second-order valence-electron chi connectivity index (χ2n) is 3.77. The lowest BCUT2D eigenvalue weighted by atomic mass is 10.4. The topological polar surface area (TPSA) is 84.3 Å². The first kappa shape index (κ1) is 9.76. The molecule has 0 radical (unpaired) electrons. The molecule has 0 fully saturated rings. The average molecular weight is 229 g/mol. The molecule has 0 saturated carbocycles. The highest BCUT2D eigenvalue weighted by Crippen LogP contribution is 2.21. The molecular formula is C10H11N7. The Morgan fingerprint density at radius 3 is 3.00 bits per heavy atom. The predicted molar refractivity (Wildman–Crippen MR) is 62.9 cm³/mol. The monoisotopic (exact) mass is 229 g/mol. The Bertz CT molecular complexity index is 666. The summed E-state index contributed by atoms with van der Waals surface area (Å²) in [5.41, 5.74) is 1.66. The molecule has 0 aliphatic carbocycles. The van der Waals surface area contributed by atoms with Gasteiger partial charge in [-0.1, -0.05) is 0 Å². The second kappa shape index (κ2) is 3.55. The molecule has 7 heteroatoms. The third kappa shape index (κ3) is 1.61. The number of aryl methyl sites for hydroxylation is 2. The smallest absolute Gasteiger partial charge is 0.160 e. The van der Waals surface area contributed by atoms with Gasteiger partial charge >= 0.3 is 0 Å². The van der Waals surface area contributed by atoms with Gasteiger partial charge in [-0.15, -0.1) is 0 Å². The highest BCUT2D eigenvalue weighted by Gasteiger charge is 2.08. The Labute approximate surface area is 96.9 Å². The quantitative estimate of drug-likeness (QED) is 0.688. The maximum atomic E-state index is 4.26. The van der Waals surface area contributed by atoms with Crippen LogP contribution in [-0.4, -0.2) is 29.9 Å². The normalized spacial score (nSPS) is 10.9. The lowest BCUT2D eigenvalue weighted by Gasteiger charge is -2.05. The summed E-state index contributed by atoms with van der Waals surface area (Å²) in [5, 5.41) is 15.1. The molecular weight excluding hydrogens is 218 g/mol. The van der Waals surface area contributed by atoms with Crippen molar-refractivity contribution in [3.8, 4) is 0 Å². The second-order valence-corrected chi connectivity index (χ2v) is 3.77. The fourth-order valence-electron chi connectivity index (χ4n) is 1.71. The third-order valence-corrected chi connectivity index (χ3v) is 2.50. The van der Waals surface area contributed by atoms with E-state index in [0.29, 0.717) is 11.5 Å². The van der Waals surface area contributed by atoms with E-state index in [-0.39, 0.29) is 0 Å². The van der Waals surface area contributed by atoms with Gasteiger partial charge in [0.1, 0.15) is 18.0 Å². The molecule has 0 saturated heterocycles. The van der Waals surface area contributed by atoms with Crippen LogP contribution in [0.2, 0.25) is 0 Å². The summed E-state index contributed by atoms with van der Waals surface area (Å²) < 4.78 is 1.77. The summed E-state index contributed by atoms with van der Waals surface area (Å²) in [6.07, 6.45) is 3.19. The summed E-state index contributed by atoms with van der Waals surface area (Å²) in [4.78, 5) is 8.28. The zero-order valence-electron chi connectivity index (χ0n) is 9.47. The molecule has 0 aromatic carbocycles. The first-order valence-corrected chi connectivity index (χ1v) is 5.16. The Kier molecular flexibility index (Phi) is 2.04. The van der Waals surface area contributed by atoms with Gasteiger partial charge < -0.3 is 5.32 Å². The van der Waals surface area contributed by atoms with E-state index in [0.717, 1.165) is 16.9 Å². The van der Waals surface area contributed by atoms with Gasteiger partial charge in [0, 0.05) is 13.1 Å². The molecule has 0 atom stereocenters. The maximum absolute atomic E-state index is 4.26. The molecule has 0 aliphatic heterocycles. The minimum absolute atomic E-state index is 0.710. The van der Waals surface area contributed by atoms with E-state index in [2.05, 4.69) is 30.6 Å². The fourth-order valence-corrected chi connectivity index (χ4v) is 1.71. The van der Waals surface area contributed by atoms with Crippen molar-refractivity contribution in [3.63, 3.8) is 0 Å². The van der Waals surface area contributed by atoms with E-state index in [1.807, 2.05) is 20.0 Å². The number of H-pyrrole nitrogens is 1. The van der Waals surface area contributed by atoms with Crippen molar-refractivity contribution in [1.29, 1.82) is 0 Å². The van der Waals surface area contributed by atoms with Crippen molar-refractivity contribution in [3.05, 3.63) is 24.3 Å². The molecule has 3 aromatic heterocycles. The lowest BCUT2D eigenvalue weighted by molar-refractivity contribution is 0.764. The van der Waals surface area contributed by atoms with Gasteiger partial charge in [-0.25, -0.2) is 9.97 Å². The third-order valence-electron chi connectivity index (χ3n) is 2.50. The van der Waals surface area contributed by atoms with Crippen LogP contribution in [0.15, 0.2) is 18.6 Å². The molecule has 86 valence electrons. The van der Waals surface area contributed by atoms with E-state index in [1.54, 1.807) is 10.9 Å². The van der Waals surface area contributed by atoms with Crippen LogP contribution in [0.1, 0.15) is 5.69 Å². The van der Waals surface area contributed by atoms with Crippen LogP contribution in [0, 0.1) is 6.92 Å². The summed E-state index contributed by atoms with van der Waals surface area (Å²) >= 11 is 0. The van der Waals surface area contributed by atoms with E-state index in [9.17, 15) is 0 Å². The summed E-state index contributed by atoms with van der Waals surface area (Å²) in [5.74, 6) is 1.59. The number of hydrogen-bond donors (Lipinski definition) is 2. The van der Waals surface area contributed by atoms with Crippen LogP contribution in [0.25, 0.3) is 11.0 Å². The fraction of sp³-hybridized carbons (Fsp3) is 0.200. The van der Waals surface area contributed by atoms with Crippen LogP contribution in [0.5, 0.6) is 0 Å².